The first-order valence-corrected chi connectivity index (χ1v) is 20.1. The average Bonchev–Trinajstić information content (AvgIpc) is 3.49. The van der Waals surface area contributed by atoms with Crippen molar-refractivity contribution in [1.29, 1.82) is 0 Å². The van der Waals surface area contributed by atoms with Crippen LogP contribution in [0.15, 0.2) is 194 Å². The zero-order valence-corrected chi connectivity index (χ0v) is 32.0. The molecule has 1 aliphatic rings. The largest absolute Gasteiger partial charge is 0.0622 e. The number of rotatable bonds is 3. The second-order valence-corrected chi connectivity index (χ2v) is 16.4. The molecule has 0 heteroatoms. The van der Waals surface area contributed by atoms with Gasteiger partial charge in [-0.1, -0.05) is 166 Å². The number of fused-ring (bicyclic) bond motifs is 15. The van der Waals surface area contributed by atoms with E-state index in [1.54, 1.807) is 0 Å². The summed E-state index contributed by atoms with van der Waals surface area (Å²) >= 11 is 0. The molecule has 0 radical (unpaired) electrons. The Kier molecular flexibility index (Phi) is 6.78. The van der Waals surface area contributed by atoms with Crippen molar-refractivity contribution < 1.29 is 0 Å². The predicted octanol–water partition coefficient (Wildman–Crippen LogP) is 15.9. The minimum Gasteiger partial charge on any atom is -0.0622 e. The molecule has 0 heterocycles. The average molecular weight is 723 g/mol. The standard InChI is InChI=1S/C57H38/c1-57(2)55-33-51-46-25-11-7-21-42(46)41-20-6-9-23-44(41)49(51)31-53(55)54-32-50-45-24-10-8-22-43(45)47-27-26-40(30-48(47)52(50)34-56(54)57)39-19-13-18-38(29-39)37-17-12-16-36(28-37)35-14-4-3-5-15-35/h3-34H,1-2H3. The van der Waals surface area contributed by atoms with Crippen molar-refractivity contribution in [3.8, 4) is 44.5 Å². The van der Waals surface area contributed by atoms with Gasteiger partial charge in [-0.2, -0.15) is 0 Å². The Morgan fingerprint density at radius 1 is 0.228 bits per heavy atom. The summed E-state index contributed by atoms with van der Waals surface area (Å²) in [5.41, 5.74) is 12.7. The van der Waals surface area contributed by atoms with Crippen LogP contribution in [-0.4, -0.2) is 0 Å². The maximum Gasteiger partial charge on any atom is 0.0159 e. The van der Waals surface area contributed by atoms with Gasteiger partial charge in [0.05, 0.1) is 0 Å². The second-order valence-electron chi connectivity index (χ2n) is 16.4. The van der Waals surface area contributed by atoms with Crippen molar-refractivity contribution in [3.63, 3.8) is 0 Å². The molecule has 0 fully saturated rings. The lowest BCUT2D eigenvalue weighted by Crippen LogP contribution is -2.15. The Morgan fingerprint density at radius 3 is 1.02 bits per heavy atom. The molecule has 57 heavy (non-hydrogen) atoms. The molecule has 0 aromatic heterocycles. The molecule has 0 atom stereocenters. The van der Waals surface area contributed by atoms with E-state index in [4.69, 9.17) is 0 Å². The van der Waals surface area contributed by atoms with Crippen LogP contribution in [0.3, 0.4) is 0 Å². The Morgan fingerprint density at radius 2 is 0.544 bits per heavy atom. The monoisotopic (exact) mass is 722 g/mol. The molecule has 0 saturated carbocycles. The lowest BCUT2D eigenvalue weighted by molar-refractivity contribution is 0.662. The molecule has 12 rings (SSSR count). The van der Waals surface area contributed by atoms with E-state index in [1.807, 2.05) is 0 Å². The Bertz CT molecular complexity index is 3470. The van der Waals surface area contributed by atoms with E-state index in [0.717, 1.165) is 0 Å². The Balaban J connectivity index is 1.07. The molecule has 0 amide bonds. The third-order valence-corrected chi connectivity index (χ3v) is 13.0. The SMILES string of the molecule is CC1(C)c2cc3c4ccccc4c4ccccc4c3cc2-c2cc3c4ccccc4c4ccc(-c5cccc(-c6cccc(-c7ccccc7)c6)c5)cc4c3cc21. The van der Waals surface area contributed by atoms with Crippen LogP contribution in [0.4, 0.5) is 0 Å². The van der Waals surface area contributed by atoms with Crippen molar-refractivity contribution in [1.82, 2.24) is 0 Å². The smallest absolute Gasteiger partial charge is 0.0159 e. The molecule has 11 aromatic carbocycles. The first-order valence-electron chi connectivity index (χ1n) is 20.1. The van der Waals surface area contributed by atoms with Crippen molar-refractivity contribution in [2.24, 2.45) is 0 Å². The molecule has 0 saturated heterocycles. The van der Waals surface area contributed by atoms with Gasteiger partial charge in [0.25, 0.3) is 0 Å². The van der Waals surface area contributed by atoms with E-state index >= 15 is 0 Å². The first kappa shape index (κ1) is 32.2. The van der Waals surface area contributed by atoms with Gasteiger partial charge in [-0.25, -0.2) is 0 Å². The summed E-state index contributed by atoms with van der Waals surface area (Å²) in [6.07, 6.45) is 0. The molecule has 0 unspecified atom stereocenters. The van der Waals surface area contributed by atoms with Crippen LogP contribution >= 0.6 is 0 Å². The number of hydrogen-bond acceptors (Lipinski definition) is 0. The molecule has 266 valence electrons. The van der Waals surface area contributed by atoms with Crippen molar-refractivity contribution in [3.05, 3.63) is 205 Å². The Labute approximate surface area is 332 Å². The molecule has 0 aliphatic heterocycles. The maximum absolute atomic E-state index is 2.54. The molecule has 0 nitrogen and oxygen atoms in total. The van der Waals surface area contributed by atoms with Gasteiger partial charge < -0.3 is 0 Å². The zero-order valence-electron chi connectivity index (χ0n) is 32.0. The minimum absolute atomic E-state index is 0.169. The fourth-order valence-electron chi connectivity index (χ4n) is 10.1. The van der Waals surface area contributed by atoms with E-state index < -0.39 is 0 Å². The highest BCUT2D eigenvalue weighted by Gasteiger charge is 2.37. The van der Waals surface area contributed by atoms with Gasteiger partial charge in [-0.3, -0.25) is 0 Å². The van der Waals surface area contributed by atoms with Gasteiger partial charge >= 0.3 is 0 Å². The predicted molar refractivity (Wildman–Crippen MR) is 245 cm³/mol. The lowest BCUT2D eigenvalue weighted by Gasteiger charge is -2.23. The molecule has 0 spiro atoms. The van der Waals surface area contributed by atoms with Crippen molar-refractivity contribution >= 4 is 64.6 Å². The van der Waals surface area contributed by atoms with E-state index in [0.29, 0.717) is 0 Å². The number of benzene rings is 11. The molecular weight excluding hydrogens is 685 g/mol. The first-order chi connectivity index (χ1) is 28.0. The lowest BCUT2D eigenvalue weighted by atomic mass is 9.80. The zero-order chi connectivity index (χ0) is 37.8. The summed E-state index contributed by atoms with van der Waals surface area (Å²) in [5, 5.41) is 15.8. The van der Waals surface area contributed by atoms with Crippen LogP contribution in [0.5, 0.6) is 0 Å². The van der Waals surface area contributed by atoms with Crippen LogP contribution in [0.25, 0.3) is 109 Å². The summed E-state index contributed by atoms with van der Waals surface area (Å²) in [6, 6.07) is 72.6. The van der Waals surface area contributed by atoms with Crippen molar-refractivity contribution in [2.45, 2.75) is 19.3 Å². The fourth-order valence-corrected chi connectivity index (χ4v) is 10.1. The van der Waals surface area contributed by atoms with Crippen molar-refractivity contribution in [2.75, 3.05) is 0 Å². The third kappa shape index (κ3) is 4.74. The second kappa shape index (κ2) is 12.0. The highest BCUT2D eigenvalue weighted by molar-refractivity contribution is 6.28. The van der Waals surface area contributed by atoms with Gasteiger partial charge in [-0.05, 0) is 163 Å². The Hall–Kier alpha value is -7.02. The van der Waals surface area contributed by atoms with Crippen LogP contribution in [0.1, 0.15) is 25.0 Å². The van der Waals surface area contributed by atoms with E-state index in [2.05, 4.69) is 208 Å². The molecule has 0 N–H and O–H groups in total. The summed E-state index contributed by atoms with van der Waals surface area (Å²) in [5.74, 6) is 0. The third-order valence-electron chi connectivity index (χ3n) is 13.0. The maximum atomic E-state index is 2.54. The van der Waals surface area contributed by atoms with Gasteiger partial charge in [-0.15, -0.1) is 0 Å². The van der Waals surface area contributed by atoms with Gasteiger partial charge in [0.15, 0.2) is 0 Å². The summed E-state index contributed by atoms with van der Waals surface area (Å²) in [7, 11) is 0. The minimum atomic E-state index is -0.169. The summed E-state index contributed by atoms with van der Waals surface area (Å²) in [6.45, 7) is 4.84. The molecule has 0 bridgehead atoms. The van der Waals surface area contributed by atoms with Gasteiger partial charge in [0.2, 0.25) is 0 Å². The highest BCUT2D eigenvalue weighted by atomic mass is 14.4. The normalized spacial score (nSPS) is 13.2. The number of hydrogen-bond donors (Lipinski definition) is 0. The summed E-state index contributed by atoms with van der Waals surface area (Å²) in [4.78, 5) is 0. The summed E-state index contributed by atoms with van der Waals surface area (Å²) < 4.78 is 0. The van der Waals surface area contributed by atoms with Crippen LogP contribution in [-0.2, 0) is 5.41 Å². The van der Waals surface area contributed by atoms with Gasteiger partial charge in [0.1, 0.15) is 0 Å². The van der Waals surface area contributed by atoms with Crippen LogP contribution < -0.4 is 0 Å². The topological polar surface area (TPSA) is 0 Å². The molecule has 11 aromatic rings. The van der Waals surface area contributed by atoms with Crippen LogP contribution in [0, 0.1) is 0 Å². The highest BCUT2D eigenvalue weighted by Crippen LogP contribution is 2.53. The molecular formula is C57H38. The van der Waals surface area contributed by atoms with E-state index in [9.17, 15) is 0 Å². The van der Waals surface area contributed by atoms with Crippen LogP contribution in [0.2, 0.25) is 0 Å². The quantitative estimate of drug-likeness (QED) is 0.159. The fraction of sp³-hybridized carbons (Fsp3) is 0.0526. The van der Waals surface area contributed by atoms with Gasteiger partial charge in [0, 0.05) is 5.41 Å². The molecule has 1 aliphatic carbocycles. The van der Waals surface area contributed by atoms with E-state index in [1.165, 1.54) is 120 Å². The van der Waals surface area contributed by atoms with E-state index in [-0.39, 0.29) is 5.41 Å².